The second kappa shape index (κ2) is 5.72. The third-order valence-corrected chi connectivity index (χ3v) is 2.77. The molecule has 3 nitrogen and oxygen atoms in total. The SMILES string of the molecule is O=C(O)c1ccc(F)c(CSCCO)c1. The van der Waals surface area contributed by atoms with Gasteiger partial charge in [0.1, 0.15) is 5.82 Å². The number of aromatic carboxylic acids is 1. The van der Waals surface area contributed by atoms with E-state index in [0.29, 0.717) is 17.1 Å². The fraction of sp³-hybridized carbons (Fsp3) is 0.300. The van der Waals surface area contributed by atoms with Crippen LogP contribution in [0, 0.1) is 5.82 Å². The minimum absolute atomic E-state index is 0.0326. The van der Waals surface area contributed by atoms with E-state index in [-0.39, 0.29) is 12.2 Å². The lowest BCUT2D eigenvalue weighted by Crippen LogP contribution is -1.99. The lowest BCUT2D eigenvalue weighted by atomic mass is 10.1. The average Bonchev–Trinajstić information content (AvgIpc) is 2.20. The lowest BCUT2D eigenvalue weighted by Gasteiger charge is -2.03. The quantitative estimate of drug-likeness (QED) is 0.757. The minimum Gasteiger partial charge on any atom is -0.478 e. The van der Waals surface area contributed by atoms with E-state index >= 15 is 0 Å². The topological polar surface area (TPSA) is 57.5 Å². The molecule has 1 aromatic rings. The maximum Gasteiger partial charge on any atom is 0.335 e. The van der Waals surface area contributed by atoms with Gasteiger partial charge in [-0.15, -0.1) is 0 Å². The zero-order chi connectivity index (χ0) is 11.3. The Morgan fingerprint density at radius 3 is 2.80 bits per heavy atom. The van der Waals surface area contributed by atoms with Gasteiger partial charge in [0.25, 0.3) is 0 Å². The van der Waals surface area contributed by atoms with Crippen molar-refractivity contribution in [3.8, 4) is 0 Å². The van der Waals surface area contributed by atoms with Crippen molar-refractivity contribution in [1.29, 1.82) is 0 Å². The number of carboxylic acids is 1. The highest BCUT2D eigenvalue weighted by Crippen LogP contribution is 2.17. The van der Waals surface area contributed by atoms with Gasteiger partial charge in [0.2, 0.25) is 0 Å². The monoisotopic (exact) mass is 230 g/mol. The zero-order valence-electron chi connectivity index (χ0n) is 7.94. The van der Waals surface area contributed by atoms with E-state index in [1.54, 1.807) is 0 Å². The summed E-state index contributed by atoms with van der Waals surface area (Å²) in [5.74, 6) is -0.599. The molecule has 0 radical (unpaired) electrons. The van der Waals surface area contributed by atoms with E-state index in [0.717, 1.165) is 6.07 Å². The third-order valence-electron chi connectivity index (χ3n) is 1.79. The Hall–Kier alpha value is -1.07. The number of carboxylic acid groups (broad SMARTS) is 1. The first-order valence-electron chi connectivity index (χ1n) is 4.35. The fourth-order valence-corrected chi connectivity index (χ4v) is 1.78. The Bertz CT molecular complexity index is 355. The first kappa shape index (κ1) is 12.0. The van der Waals surface area contributed by atoms with E-state index in [4.69, 9.17) is 10.2 Å². The van der Waals surface area contributed by atoms with Crippen molar-refractivity contribution in [2.75, 3.05) is 12.4 Å². The first-order valence-corrected chi connectivity index (χ1v) is 5.51. The molecular weight excluding hydrogens is 219 g/mol. The summed E-state index contributed by atoms with van der Waals surface area (Å²) in [5.41, 5.74) is 0.435. The molecule has 0 bridgehead atoms. The Labute approximate surface area is 90.9 Å². The number of benzene rings is 1. The number of rotatable bonds is 5. The minimum atomic E-state index is -1.07. The van der Waals surface area contributed by atoms with Crippen LogP contribution in [0.1, 0.15) is 15.9 Å². The van der Waals surface area contributed by atoms with E-state index < -0.39 is 11.8 Å². The average molecular weight is 230 g/mol. The summed E-state index contributed by atoms with van der Waals surface area (Å²) in [4.78, 5) is 10.6. The molecule has 0 aliphatic heterocycles. The van der Waals surface area contributed by atoms with Crippen molar-refractivity contribution in [2.45, 2.75) is 5.75 Å². The van der Waals surface area contributed by atoms with Gasteiger partial charge in [-0.25, -0.2) is 9.18 Å². The number of thioether (sulfide) groups is 1. The molecule has 0 heterocycles. The number of hydrogen-bond donors (Lipinski definition) is 2. The van der Waals surface area contributed by atoms with E-state index in [1.165, 1.54) is 23.9 Å². The van der Waals surface area contributed by atoms with Gasteiger partial charge in [0.05, 0.1) is 12.2 Å². The summed E-state index contributed by atoms with van der Waals surface area (Å²) < 4.78 is 13.2. The van der Waals surface area contributed by atoms with Gasteiger partial charge in [-0.3, -0.25) is 0 Å². The van der Waals surface area contributed by atoms with Crippen LogP contribution >= 0.6 is 11.8 Å². The fourth-order valence-electron chi connectivity index (χ4n) is 1.07. The van der Waals surface area contributed by atoms with Crippen LogP contribution in [0.4, 0.5) is 4.39 Å². The van der Waals surface area contributed by atoms with Crippen LogP contribution in [0.2, 0.25) is 0 Å². The molecule has 0 aliphatic rings. The predicted molar refractivity (Wildman–Crippen MR) is 56.6 cm³/mol. The molecule has 2 N–H and O–H groups in total. The second-order valence-corrected chi connectivity index (χ2v) is 3.99. The van der Waals surface area contributed by atoms with Crippen molar-refractivity contribution in [1.82, 2.24) is 0 Å². The molecule has 82 valence electrons. The molecule has 5 heteroatoms. The lowest BCUT2D eigenvalue weighted by molar-refractivity contribution is 0.0696. The summed E-state index contributed by atoms with van der Waals surface area (Å²) >= 11 is 1.36. The van der Waals surface area contributed by atoms with Crippen LogP contribution in [0.25, 0.3) is 0 Å². The molecule has 0 spiro atoms. The Morgan fingerprint density at radius 1 is 1.47 bits per heavy atom. The molecule has 0 fully saturated rings. The van der Waals surface area contributed by atoms with Crippen LogP contribution in [0.15, 0.2) is 18.2 Å². The molecular formula is C10H11FO3S. The van der Waals surface area contributed by atoms with Gasteiger partial charge in [0.15, 0.2) is 0 Å². The van der Waals surface area contributed by atoms with Crippen LogP contribution in [0.5, 0.6) is 0 Å². The first-order chi connectivity index (χ1) is 7.15. The maximum atomic E-state index is 13.2. The standard InChI is InChI=1S/C10H11FO3S/c11-9-2-1-7(10(13)14)5-8(9)6-15-4-3-12/h1-2,5,12H,3-4,6H2,(H,13,14). The van der Waals surface area contributed by atoms with Crippen LogP contribution in [0.3, 0.4) is 0 Å². The van der Waals surface area contributed by atoms with E-state index in [2.05, 4.69) is 0 Å². The Morgan fingerprint density at radius 2 is 2.20 bits per heavy atom. The van der Waals surface area contributed by atoms with Gasteiger partial charge >= 0.3 is 5.97 Å². The molecule has 15 heavy (non-hydrogen) atoms. The normalized spacial score (nSPS) is 10.3. The number of aliphatic hydroxyl groups is 1. The molecule has 0 amide bonds. The van der Waals surface area contributed by atoms with Crippen LogP contribution in [-0.2, 0) is 5.75 Å². The Balaban J connectivity index is 2.76. The van der Waals surface area contributed by atoms with Gasteiger partial charge in [-0.05, 0) is 23.8 Å². The van der Waals surface area contributed by atoms with Crippen molar-refractivity contribution in [3.05, 3.63) is 35.1 Å². The predicted octanol–water partition coefficient (Wildman–Crippen LogP) is 1.75. The molecule has 0 atom stereocenters. The number of hydrogen-bond acceptors (Lipinski definition) is 3. The van der Waals surface area contributed by atoms with E-state index in [1.807, 2.05) is 0 Å². The molecule has 0 saturated heterocycles. The second-order valence-electron chi connectivity index (χ2n) is 2.89. The van der Waals surface area contributed by atoms with Gasteiger partial charge < -0.3 is 10.2 Å². The molecule has 1 aromatic carbocycles. The van der Waals surface area contributed by atoms with Crippen molar-refractivity contribution < 1.29 is 19.4 Å². The van der Waals surface area contributed by atoms with Crippen LogP contribution < -0.4 is 0 Å². The summed E-state index contributed by atoms with van der Waals surface area (Å²) in [6, 6.07) is 3.71. The molecule has 0 aromatic heterocycles. The largest absolute Gasteiger partial charge is 0.478 e. The van der Waals surface area contributed by atoms with Crippen LogP contribution in [-0.4, -0.2) is 28.5 Å². The molecule has 0 aliphatic carbocycles. The van der Waals surface area contributed by atoms with Gasteiger partial charge in [0, 0.05) is 11.5 Å². The number of halogens is 1. The van der Waals surface area contributed by atoms with Gasteiger partial charge in [-0.1, -0.05) is 0 Å². The van der Waals surface area contributed by atoms with Crippen molar-refractivity contribution in [3.63, 3.8) is 0 Å². The maximum absolute atomic E-state index is 13.2. The zero-order valence-corrected chi connectivity index (χ0v) is 8.76. The summed E-state index contributed by atoms with van der Waals surface area (Å²) in [5, 5.41) is 17.3. The number of aliphatic hydroxyl groups excluding tert-OH is 1. The molecule has 1 rings (SSSR count). The smallest absolute Gasteiger partial charge is 0.335 e. The Kier molecular flexibility index (Phi) is 4.58. The highest BCUT2D eigenvalue weighted by Gasteiger charge is 2.07. The summed E-state index contributed by atoms with van der Waals surface area (Å²) in [6.45, 7) is 0.0326. The number of carbonyl (C=O) groups is 1. The highest BCUT2D eigenvalue weighted by molar-refractivity contribution is 7.98. The molecule has 0 unspecified atom stereocenters. The third kappa shape index (κ3) is 3.53. The van der Waals surface area contributed by atoms with Crippen molar-refractivity contribution in [2.24, 2.45) is 0 Å². The molecule has 0 saturated carbocycles. The highest BCUT2D eigenvalue weighted by atomic mass is 32.2. The van der Waals surface area contributed by atoms with E-state index in [9.17, 15) is 9.18 Å². The summed E-state index contributed by atoms with van der Waals surface area (Å²) in [6.07, 6.45) is 0. The van der Waals surface area contributed by atoms with Crippen molar-refractivity contribution >= 4 is 17.7 Å². The van der Waals surface area contributed by atoms with Gasteiger partial charge in [-0.2, -0.15) is 11.8 Å². The summed E-state index contributed by atoms with van der Waals surface area (Å²) in [7, 11) is 0.